The number of hydrogen-bond acceptors (Lipinski definition) is 2. The summed E-state index contributed by atoms with van der Waals surface area (Å²) in [5.74, 6) is -0.152. The number of halogens is 1. The molecule has 3 nitrogen and oxygen atoms in total. The molecule has 0 aliphatic carbocycles. The van der Waals surface area contributed by atoms with Crippen LogP contribution in [-0.4, -0.2) is 11.9 Å². The average Bonchev–Trinajstić information content (AvgIpc) is 2.48. The molecule has 0 spiro atoms. The summed E-state index contributed by atoms with van der Waals surface area (Å²) in [4.78, 5) is 12.1. The number of carbonyl (C=O) groups is 1. The van der Waals surface area contributed by atoms with Gasteiger partial charge in [-0.3, -0.25) is 4.79 Å². The maximum Gasteiger partial charge on any atom is 0.237 e. The minimum Gasteiger partial charge on any atom is -0.348 e. The van der Waals surface area contributed by atoms with Crippen LogP contribution < -0.4 is 11.1 Å². The van der Waals surface area contributed by atoms with E-state index in [4.69, 9.17) is 17.3 Å². The van der Waals surface area contributed by atoms with E-state index >= 15 is 0 Å². The average molecular weight is 303 g/mol. The van der Waals surface area contributed by atoms with Crippen molar-refractivity contribution in [2.75, 3.05) is 0 Å². The monoisotopic (exact) mass is 302 g/mol. The van der Waals surface area contributed by atoms with E-state index in [9.17, 15) is 4.79 Å². The van der Waals surface area contributed by atoms with Crippen LogP contribution in [0.3, 0.4) is 0 Å². The molecule has 0 saturated heterocycles. The van der Waals surface area contributed by atoms with Crippen LogP contribution >= 0.6 is 11.6 Å². The summed E-state index contributed by atoms with van der Waals surface area (Å²) in [5, 5.41) is 3.61. The van der Waals surface area contributed by atoms with E-state index in [1.54, 1.807) is 0 Å². The molecule has 2 aromatic rings. The number of benzene rings is 2. The minimum absolute atomic E-state index is 0.100. The Hall–Kier alpha value is -1.84. The van der Waals surface area contributed by atoms with Crippen molar-refractivity contribution < 1.29 is 4.79 Å². The van der Waals surface area contributed by atoms with Crippen LogP contribution in [0.4, 0.5) is 0 Å². The Bertz CT molecular complexity index is 583. The lowest BCUT2D eigenvalue weighted by molar-refractivity contribution is -0.123. The highest BCUT2D eigenvalue weighted by molar-refractivity contribution is 6.30. The van der Waals surface area contributed by atoms with E-state index in [1.807, 2.05) is 61.5 Å². The van der Waals surface area contributed by atoms with Crippen molar-refractivity contribution in [1.29, 1.82) is 0 Å². The predicted molar refractivity (Wildman–Crippen MR) is 86.1 cm³/mol. The maximum absolute atomic E-state index is 12.1. The second-order valence-electron chi connectivity index (χ2n) is 5.08. The van der Waals surface area contributed by atoms with Crippen molar-refractivity contribution in [3.63, 3.8) is 0 Å². The Morgan fingerprint density at radius 2 is 1.76 bits per heavy atom. The largest absolute Gasteiger partial charge is 0.348 e. The van der Waals surface area contributed by atoms with Crippen LogP contribution in [0.2, 0.25) is 5.02 Å². The molecule has 0 saturated carbocycles. The van der Waals surface area contributed by atoms with E-state index < -0.39 is 6.04 Å². The molecular weight excluding hydrogens is 284 g/mol. The summed E-state index contributed by atoms with van der Waals surface area (Å²) < 4.78 is 0. The summed E-state index contributed by atoms with van der Waals surface area (Å²) >= 11 is 5.86. The van der Waals surface area contributed by atoms with E-state index in [2.05, 4.69) is 5.32 Å². The van der Waals surface area contributed by atoms with Crippen molar-refractivity contribution in [1.82, 2.24) is 5.32 Å². The first kappa shape index (κ1) is 15.5. The number of amides is 1. The van der Waals surface area contributed by atoms with Gasteiger partial charge in [-0.1, -0.05) is 54.1 Å². The zero-order valence-corrected chi connectivity index (χ0v) is 12.7. The topological polar surface area (TPSA) is 55.1 Å². The molecule has 0 aromatic heterocycles. The van der Waals surface area contributed by atoms with Crippen molar-refractivity contribution in [3.8, 4) is 0 Å². The number of rotatable bonds is 5. The number of nitrogens with two attached hydrogens (primary N) is 1. The standard InChI is InChI=1S/C17H19ClN2O/c1-12(14-7-9-15(18)10-8-14)20-17(21)16(19)11-13-5-3-2-4-6-13/h2-10,12,16H,11,19H2,1H3,(H,20,21)/t12-,16?/m1/s1. The lowest BCUT2D eigenvalue weighted by atomic mass is 10.0. The smallest absolute Gasteiger partial charge is 0.237 e. The minimum atomic E-state index is -0.554. The molecular formula is C17H19ClN2O. The Morgan fingerprint density at radius 1 is 1.14 bits per heavy atom. The van der Waals surface area contributed by atoms with Gasteiger partial charge < -0.3 is 11.1 Å². The first-order valence-corrected chi connectivity index (χ1v) is 7.29. The van der Waals surface area contributed by atoms with E-state index in [1.165, 1.54) is 0 Å². The Balaban J connectivity index is 1.92. The lowest BCUT2D eigenvalue weighted by Crippen LogP contribution is -2.42. The van der Waals surface area contributed by atoms with Crippen molar-refractivity contribution in [2.24, 2.45) is 5.73 Å². The van der Waals surface area contributed by atoms with Crippen molar-refractivity contribution in [3.05, 3.63) is 70.7 Å². The molecule has 21 heavy (non-hydrogen) atoms. The van der Waals surface area contributed by atoms with Gasteiger partial charge in [0.05, 0.1) is 12.1 Å². The van der Waals surface area contributed by atoms with E-state index in [0.29, 0.717) is 11.4 Å². The van der Waals surface area contributed by atoms with Crippen LogP contribution in [0, 0.1) is 0 Å². The van der Waals surface area contributed by atoms with Gasteiger partial charge in [0.1, 0.15) is 0 Å². The summed E-state index contributed by atoms with van der Waals surface area (Å²) in [6, 6.07) is 16.5. The molecule has 2 atom stereocenters. The van der Waals surface area contributed by atoms with Gasteiger partial charge in [0.15, 0.2) is 0 Å². The number of nitrogens with one attached hydrogen (secondary N) is 1. The number of hydrogen-bond donors (Lipinski definition) is 2. The van der Waals surface area contributed by atoms with Gasteiger partial charge in [-0.15, -0.1) is 0 Å². The molecule has 110 valence electrons. The van der Waals surface area contributed by atoms with Gasteiger partial charge in [0, 0.05) is 5.02 Å². The fourth-order valence-corrected chi connectivity index (χ4v) is 2.24. The third kappa shape index (κ3) is 4.59. The third-order valence-electron chi connectivity index (χ3n) is 3.36. The maximum atomic E-state index is 12.1. The Kier molecular flexibility index (Phi) is 5.37. The first-order valence-electron chi connectivity index (χ1n) is 6.91. The highest BCUT2D eigenvalue weighted by Gasteiger charge is 2.16. The molecule has 2 aromatic carbocycles. The molecule has 2 rings (SSSR count). The van der Waals surface area contributed by atoms with E-state index in [-0.39, 0.29) is 11.9 Å². The fourth-order valence-electron chi connectivity index (χ4n) is 2.12. The molecule has 0 heterocycles. The molecule has 0 bridgehead atoms. The molecule has 1 amide bonds. The molecule has 0 radical (unpaired) electrons. The van der Waals surface area contributed by atoms with Gasteiger partial charge >= 0.3 is 0 Å². The molecule has 0 aliphatic heterocycles. The molecule has 3 N–H and O–H groups in total. The van der Waals surface area contributed by atoms with Gasteiger partial charge in [-0.25, -0.2) is 0 Å². The highest BCUT2D eigenvalue weighted by Crippen LogP contribution is 2.16. The zero-order valence-electron chi connectivity index (χ0n) is 11.9. The Morgan fingerprint density at radius 3 is 2.38 bits per heavy atom. The van der Waals surface area contributed by atoms with Crippen molar-refractivity contribution in [2.45, 2.75) is 25.4 Å². The van der Waals surface area contributed by atoms with Crippen LogP contribution in [0.15, 0.2) is 54.6 Å². The molecule has 1 unspecified atom stereocenters. The van der Waals surface area contributed by atoms with Crippen LogP contribution in [0.5, 0.6) is 0 Å². The molecule has 0 fully saturated rings. The number of carbonyl (C=O) groups excluding carboxylic acids is 1. The fraction of sp³-hybridized carbons (Fsp3) is 0.235. The summed E-state index contributed by atoms with van der Waals surface area (Å²) in [6.45, 7) is 1.93. The summed E-state index contributed by atoms with van der Waals surface area (Å²) in [7, 11) is 0. The van der Waals surface area contributed by atoms with Gasteiger partial charge in [0.2, 0.25) is 5.91 Å². The normalized spacial score (nSPS) is 13.5. The van der Waals surface area contributed by atoms with E-state index in [0.717, 1.165) is 11.1 Å². The first-order chi connectivity index (χ1) is 10.1. The highest BCUT2D eigenvalue weighted by atomic mass is 35.5. The summed E-state index contributed by atoms with van der Waals surface area (Å²) in [5.41, 5.74) is 8.02. The SMILES string of the molecule is C[C@@H](NC(=O)C(N)Cc1ccccc1)c1ccc(Cl)cc1. The molecule has 4 heteroatoms. The summed E-state index contributed by atoms with van der Waals surface area (Å²) in [6.07, 6.45) is 0.528. The van der Waals surface area contributed by atoms with Crippen LogP contribution in [0.1, 0.15) is 24.1 Å². The molecule has 0 aliphatic rings. The quantitative estimate of drug-likeness (QED) is 0.892. The van der Waals surface area contributed by atoms with Crippen molar-refractivity contribution >= 4 is 17.5 Å². The van der Waals surface area contributed by atoms with Gasteiger partial charge in [-0.2, -0.15) is 0 Å². The van der Waals surface area contributed by atoms with Gasteiger partial charge in [0.25, 0.3) is 0 Å². The second kappa shape index (κ2) is 7.25. The zero-order chi connectivity index (χ0) is 15.2. The van der Waals surface area contributed by atoms with Crippen LogP contribution in [0.25, 0.3) is 0 Å². The Labute approximate surface area is 130 Å². The predicted octanol–water partition coefficient (Wildman–Crippen LogP) is 3.09. The lowest BCUT2D eigenvalue weighted by Gasteiger charge is -2.18. The van der Waals surface area contributed by atoms with Crippen LogP contribution in [-0.2, 0) is 11.2 Å². The second-order valence-corrected chi connectivity index (χ2v) is 5.51. The van der Waals surface area contributed by atoms with Gasteiger partial charge in [-0.05, 0) is 36.6 Å². The third-order valence-corrected chi connectivity index (χ3v) is 3.62.